The van der Waals surface area contributed by atoms with E-state index in [9.17, 15) is 9.59 Å². The van der Waals surface area contributed by atoms with E-state index < -0.39 is 5.97 Å². The van der Waals surface area contributed by atoms with Gasteiger partial charge in [0.2, 0.25) is 5.91 Å². The second kappa shape index (κ2) is 7.17. The zero-order chi connectivity index (χ0) is 15.2. The molecule has 0 bridgehead atoms. The Labute approximate surface area is 124 Å². The second-order valence-corrected chi connectivity index (χ2v) is 5.33. The van der Waals surface area contributed by atoms with Crippen LogP contribution in [0.3, 0.4) is 0 Å². The summed E-state index contributed by atoms with van der Waals surface area (Å²) in [6.45, 7) is 3.98. The molecule has 6 heteroatoms. The third-order valence-electron chi connectivity index (χ3n) is 3.70. The van der Waals surface area contributed by atoms with Crippen molar-refractivity contribution in [1.82, 2.24) is 15.2 Å². The van der Waals surface area contributed by atoms with Crippen molar-refractivity contribution >= 4 is 11.9 Å². The van der Waals surface area contributed by atoms with E-state index >= 15 is 0 Å². The van der Waals surface area contributed by atoms with Crippen LogP contribution in [-0.4, -0.2) is 46.0 Å². The van der Waals surface area contributed by atoms with Gasteiger partial charge in [-0.25, -0.2) is 4.79 Å². The monoisotopic (exact) mass is 291 g/mol. The van der Waals surface area contributed by atoms with Gasteiger partial charge in [0.1, 0.15) is 0 Å². The van der Waals surface area contributed by atoms with Crippen molar-refractivity contribution in [2.45, 2.75) is 38.8 Å². The lowest BCUT2D eigenvalue weighted by Crippen LogP contribution is -2.46. The predicted octanol–water partition coefficient (Wildman–Crippen LogP) is 1.27. The van der Waals surface area contributed by atoms with Crippen LogP contribution in [0.4, 0.5) is 0 Å². The number of carboxylic acids is 1. The summed E-state index contributed by atoms with van der Waals surface area (Å²) >= 11 is 0. The Bertz CT molecular complexity index is 495. The van der Waals surface area contributed by atoms with Crippen LogP contribution in [0.15, 0.2) is 18.3 Å². The highest BCUT2D eigenvalue weighted by atomic mass is 16.4. The molecule has 0 aliphatic carbocycles. The van der Waals surface area contributed by atoms with E-state index in [4.69, 9.17) is 5.11 Å². The van der Waals surface area contributed by atoms with Gasteiger partial charge in [-0.3, -0.25) is 9.78 Å². The molecule has 1 aromatic heterocycles. The summed E-state index contributed by atoms with van der Waals surface area (Å²) in [5, 5.41) is 11.9. The summed E-state index contributed by atoms with van der Waals surface area (Å²) in [5.41, 5.74) is 0.884. The number of carboxylic acid groups (broad SMARTS) is 1. The van der Waals surface area contributed by atoms with Crippen molar-refractivity contribution in [3.05, 3.63) is 29.6 Å². The van der Waals surface area contributed by atoms with E-state index in [0.29, 0.717) is 6.54 Å². The number of aromatic carboxylic acids is 1. The largest absolute Gasteiger partial charge is 0.478 e. The first-order valence-electron chi connectivity index (χ1n) is 7.28. The van der Waals surface area contributed by atoms with E-state index in [1.165, 1.54) is 18.7 Å². The Balaban J connectivity index is 1.83. The summed E-state index contributed by atoms with van der Waals surface area (Å²) < 4.78 is 0. The topological polar surface area (TPSA) is 82.5 Å². The van der Waals surface area contributed by atoms with Crippen molar-refractivity contribution in [3.63, 3.8) is 0 Å². The number of carbonyl (C=O) groups excluding carboxylic acids is 1. The summed E-state index contributed by atoms with van der Waals surface area (Å²) in [6, 6.07) is 2.92. The van der Waals surface area contributed by atoms with Gasteiger partial charge in [0, 0.05) is 25.8 Å². The van der Waals surface area contributed by atoms with Gasteiger partial charge in [-0.15, -0.1) is 0 Å². The number of hydrogen-bond donors (Lipinski definition) is 2. The van der Waals surface area contributed by atoms with Crippen LogP contribution in [0.1, 0.15) is 42.2 Å². The van der Waals surface area contributed by atoms with E-state index in [2.05, 4.69) is 10.3 Å². The summed E-state index contributed by atoms with van der Waals surface area (Å²) in [5.74, 6) is -0.868. The number of rotatable bonds is 5. The van der Waals surface area contributed by atoms with Crippen LogP contribution >= 0.6 is 0 Å². The van der Waals surface area contributed by atoms with Crippen LogP contribution in [0.5, 0.6) is 0 Å². The lowest BCUT2D eigenvalue weighted by Gasteiger charge is -2.29. The molecule has 1 aromatic rings. The number of nitrogens with one attached hydrogen (secondary N) is 1. The Morgan fingerprint density at radius 2 is 2.05 bits per heavy atom. The molecule has 0 saturated carbocycles. The molecule has 21 heavy (non-hydrogen) atoms. The Kier molecular flexibility index (Phi) is 5.27. The molecule has 114 valence electrons. The van der Waals surface area contributed by atoms with E-state index in [1.54, 1.807) is 6.07 Å². The molecule has 0 aromatic carbocycles. The lowest BCUT2D eigenvalue weighted by molar-refractivity contribution is -0.133. The normalized spacial score (nSPS) is 16.5. The maximum absolute atomic E-state index is 12.2. The average Bonchev–Trinajstić information content (AvgIpc) is 2.53. The maximum atomic E-state index is 12.2. The van der Waals surface area contributed by atoms with E-state index in [0.717, 1.165) is 31.6 Å². The highest BCUT2D eigenvalue weighted by molar-refractivity contribution is 5.87. The number of pyridine rings is 1. The summed E-state index contributed by atoms with van der Waals surface area (Å²) in [4.78, 5) is 28.9. The van der Waals surface area contributed by atoms with Crippen molar-refractivity contribution in [2.75, 3.05) is 13.1 Å². The van der Waals surface area contributed by atoms with Gasteiger partial charge in [-0.1, -0.05) is 0 Å². The third kappa shape index (κ3) is 4.26. The van der Waals surface area contributed by atoms with Gasteiger partial charge in [0.15, 0.2) is 0 Å². The van der Waals surface area contributed by atoms with Gasteiger partial charge in [-0.2, -0.15) is 0 Å². The third-order valence-corrected chi connectivity index (χ3v) is 3.70. The summed E-state index contributed by atoms with van der Waals surface area (Å²) in [6.07, 6.45) is 4.69. The van der Waals surface area contributed by atoms with Gasteiger partial charge in [0.25, 0.3) is 0 Å². The van der Waals surface area contributed by atoms with Crippen molar-refractivity contribution < 1.29 is 14.7 Å². The van der Waals surface area contributed by atoms with Gasteiger partial charge >= 0.3 is 5.97 Å². The number of aromatic nitrogens is 1. The fourth-order valence-corrected chi connectivity index (χ4v) is 2.39. The number of nitrogens with zero attached hydrogens (tertiary/aromatic N) is 2. The fourth-order valence-electron chi connectivity index (χ4n) is 2.39. The first-order valence-corrected chi connectivity index (χ1v) is 7.28. The Hall–Kier alpha value is -1.95. The highest BCUT2D eigenvalue weighted by Gasteiger charge is 2.21. The Morgan fingerprint density at radius 3 is 2.62 bits per heavy atom. The van der Waals surface area contributed by atoms with Crippen LogP contribution < -0.4 is 5.32 Å². The fraction of sp³-hybridized carbons (Fsp3) is 0.533. The molecule has 2 rings (SSSR count). The predicted molar refractivity (Wildman–Crippen MR) is 77.9 cm³/mol. The minimum atomic E-state index is -0.990. The molecule has 1 atom stereocenters. The molecule has 6 nitrogen and oxygen atoms in total. The first-order chi connectivity index (χ1) is 10.1. The number of piperidine rings is 1. The molecule has 1 amide bonds. The SMILES string of the molecule is CC(NCc1ccc(C(=O)O)cn1)C(=O)N1CCCCC1. The van der Waals surface area contributed by atoms with Crippen LogP contribution in [-0.2, 0) is 11.3 Å². The molecule has 2 N–H and O–H groups in total. The molecule has 1 aliphatic rings. The number of carbonyl (C=O) groups is 2. The van der Waals surface area contributed by atoms with E-state index in [1.807, 2.05) is 11.8 Å². The average molecular weight is 291 g/mol. The summed E-state index contributed by atoms with van der Waals surface area (Å²) in [7, 11) is 0. The zero-order valence-electron chi connectivity index (χ0n) is 12.2. The minimum absolute atomic E-state index is 0.122. The first kappa shape index (κ1) is 15.4. The molecule has 1 saturated heterocycles. The molecule has 0 spiro atoms. The van der Waals surface area contributed by atoms with Crippen molar-refractivity contribution in [1.29, 1.82) is 0 Å². The van der Waals surface area contributed by atoms with Gasteiger partial charge in [-0.05, 0) is 38.3 Å². The van der Waals surface area contributed by atoms with Crippen LogP contribution in [0, 0.1) is 0 Å². The molecular formula is C15H21N3O3. The Morgan fingerprint density at radius 1 is 1.33 bits per heavy atom. The molecule has 2 heterocycles. The highest BCUT2D eigenvalue weighted by Crippen LogP contribution is 2.10. The van der Waals surface area contributed by atoms with Gasteiger partial charge in [0.05, 0.1) is 17.3 Å². The van der Waals surface area contributed by atoms with Crippen LogP contribution in [0.25, 0.3) is 0 Å². The lowest BCUT2D eigenvalue weighted by atomic mass is 10.1. The van der Waals surface area contributed by atoms with Crippen molar-refractivity contribution in [2.24, 2.45) is 0 Å². The molecule has 0 radical (unpaired) electrons. The van der Waals surface area contributed by atoms with Crippen molar-refractivity contribution in [3.8, 4) is 0 Å². The molecule has 1 fully saturated rings. The molecule has 1 aliphatic heterocycles. The maximum Gasteiger partial charge on any atom is 0.337 e. The van der Waals surface area contributed by atoms with Gasteiger partial charge < -0.3 is 15.3 Å². The molecule has 1 unspecified atom stereocenters. The number of hydrogen-bond acceptors (Lipinski definition) is 4. The van der Waals surface area contributed by atoms with E-state index in [-0.39, 0.29) is 17.5 Å². The second-order valence-electron chi connectivity index (χ2n) is 5.33. The number of amides is 1. The van der Waals surface area contributed by atoms with Crippen LogP contribution in [0.2, 0.25) is 0 Å². The molecular weight excluding hydrogens is 270 g/mol. The quantitative estimate of drug-likeness (QED) is 0.853. The smallest absolute Gasteiger partial charge is 0.337 e. The minimum Gasteiger partial charge on any atom is -0.478 e. The standard InChI is InChI=1S/C15H21N3O3/c1-11(14(19)18-7-3-2-4-8-18)16-10-13-6-5-12(9-17-13)15(20)21/h5-6,9,11,16H,2-4,7-8,10H2,1H3,(H,20,21). The zero-order valence-corrected chi connectivity index (χ0v) is 12.2. The number of likely N-dealkylation sites (tertiary alicyclic amines) is 1.